The molecule has 0 fully saturated rings. The van der Waals surface area contributed by atoms with E-state index in [0.29, 0.717) is 40.0 Å². The molecule has 0 unspecified atom stereocenters. The summed E-state index contributed by atoms with van der Waals surface area (Å²) in [5, 5.41) is 32.7. The number of carbonyl (C=O) groups is 1. The molecule has 5 aromatic rings. The lowest BCUT2D eigenvalue weighted by atomic mass is 9.90. The van der Waals surface area contributed by atoms with Gasteiger partial charge in [-0.15, -0.1) is 0 Å². The van der Waals surface area contributed by atoms with Gasteiger partial charge in [-0.1, -0.05) is 18.2 Å². The number of aryl methyl sites for hydroxylation is 1. The van der Waals surface area contributed by atoms with Crippen LogP contribution in [0.3, 0.4) is 0 Å². The molecule has 0 saturated heterocycles. The number of rotatable bonds is 6. The Kier molecular flexibility index (Phi) is 6.49. The Morgan fingerprint density at radius 2 is 1.64 bits per heavy atom. The largest absolute Gasteiger partial charge is 0.508 e. The average molecular weight is 567 g/mol. The fourth-order valence-electron chi connectivity index (χ4n) is 5.49. The van der Waals surface area contributed by atoms with Crippen LogP contribution in [0.2, 0.25) is 0 Å². The number of ether oxygens (including phenoxy) is 3. The number of esters is 1. The minimum Gasteiger partial charge on any atom is -0.508 e. The summed E-state index contributed by atoms with van der Waals surface area (Å²) < 4.78 is 22.5. The maximum absolute atomic E-state index is 13.2. The number of benzene rings is 4. The molecule has 3 N–H and O–H groups in total. The number of aromatic hydroxyl groups is 3. The monoisotopic (exact) mass is 566 g/mol. The SMILES string of the molecule is COc1cc(OC)c2c(O)c3c(=O)cc(C)oc3c(-c3cc(C4=C(Cc5ccc(O)cc5)COC4=O)ccc3O)c2c1. The lowest BCUT2D eigenvalue weighted by molar-refractivity contribution is -0.134. The van der Waals surface area contributed by atoms with E-state index in [4.69, 9.17) is 18.6 Å². The number of carbonyl (C=O) groups excluding carboxylic acids is 1. The fraction of sp³-hybridized carbons (Fsp3) is 0.152. The lowest BCUT2D eigenvalue weighted by Crippen LogP contribution is -2.04. The number of hydrogen-bond donors (Lipinski definition) is 3. The molecule has 0 saturated carbocycles. The van der Waals surface area contributed by atoms with Crippen LogP contribution in [0.15, 0.2) is 75.4 Å². The molecule has 1 aromatic heterocycles. The Morgan fingerprint density at radius 1 is 0.881 bits per heavy atom. The van der Waals surface area contributed by atoms with Gasteiger partial charge in [0.25, 0.3) is 0 Å². The van der Waals surface area contributed by atoms with Gasteiger partial charge in [0.1, 0.15) is 52.1 Å². The minimum absolute atomic E-state index is 0.0556. The molecule has 0 bridgehead atoms. The number of phenolic OH excluding ortho intramolecular Hbond substituents is 3. The zero-order chi connectivity index (χ0) is 29.7. The van der Waals surface area contributed by atoms with E-state index in [0.717, 1.165) is 11.1 Å². The second-order valence-corrected chi connectivity index (χ2v) is 10.0. The van der Waals surface area contributed by atoms with Crippen LogP contribution < -0.4 is 14.9 Å². The topological polar surface area (TPSA) is 136 Å². The van der Waals surface area contributed by atoms with Crippen LogP contribution in [0.5, 0.6) is 28.7 Å². The van der Waals surface area contributed by atoms with Crippen molar-refractivity contribution in [3.63, 3.8) is 0 Å². The van der Waals surface area contributed by atoms with Gasteiger partial charge in [0, 0.05) is 28.6 Å². The maximum atomic E-state index is 13.2. The van der Waals surface area contributed by atoms with Crippen molar-refractivity contribution in [1.29, 1.82) is 0 Å². The van der Waals surface area contributed by atoms with Gasteiger partial charge in [-0.3, -0.25) is 4.79 Å². The van der Waals surface area contributed by atoms with Crippen LogP contribution in [0, 0.1) is 6.92 Å². The highest BCUT2D eigenvalue weighted by Crippen LogP contribution is 2.49. The van der Waals surface area contributed by atoms with Crippen molar-refractivity contribution in [2.24, 2.45) is 0 Å². The molecule has 4 aromatic carbocycles. The highest BCUT2D eigenvalue weighted by atomic mass is 16.5. The molecule has 0 radical (unpaired) electrons. The fourth-order valence-corrected chi connectivity index (χ4v) is 5.49. The lowest BCUT2D eigenvalue weighted by Gasteiger charge is -2.18. The predicted octanol–water partition coefficient (Wildman–Crippen LogP) is 5.61. The van der Waals surface area contributed by atoms with Gasteiger partial charge in [0.05, 0.1) is 25.2 Å². The highest BCUT2D eigenvalue weighted by Gasteiger charge is 2.29. The van der Waals surface area contributed by atoms with E-state index in [1.54, 1.807) is 55.5 Å². The molecule has 0 amide bonds. The van der Waals surface area contributed by atoms with Crippen LogP contribution >= 0.6 is 0 Å². The Balaban J connectivity index is 1.67. The molecule has 6 rings (SSSR count). The number of cyclic esters (lactones) is 1. The summed E-state index contributed by atoms with van der Waals surface area (Å²) in [5.41, 5.74) is 2.59. The third kappa shape index (κ3) is 4.35. The first-order valence-corrected chi connectivity index (χ1v) is 13.1. The van der Waals surface area contributed by atoms with Gasteiger partial charge in [-0.2, -0.15) is 0 Å². The summed E-state index contributed by atoms with van der Waals surface area (Å²) in [7, 11) is 2.92. The molecule has 9 nitrogen and oxygen atoms in total. The Morgan fingerprint density at radius 3 is 2.36 bits per heavy atom. The molecular formula is C33H26O9. The smallest absolute Gasteiger partial charge is 0.339 e. The average Bonchev–Trinajstić information content (AvgIpc) is 3.33. The van der Waals surface area contributed by atoms with Crippen molar-refractivity contribution in [2.45, 2.75) is 13.3 Å². The second kappa shape index (κ2) is 10.2. The Labute approximate surface area is 239 Å². The van der Waals surface area contributed by atoms with E-state index in [1.165, 1.54) is 26.4 Å². The molecular weight excluding hydrogens is 540 g/mol. The number of fused-ring (bicyclic) bond motifs is 2. The van der Waals surface area contributed by atoms with Crippen molar-refractivity contribution >= 4 is 33.3 Å². The van der Waals surface area contributed by atoms with Gasteiger partial charge < -0.3 is 33.9 Å². The first-order chi connectivity index (χ1) is 20.2. The molecule has 0 spiro atoms. The van der Waals surface area contributed by atoms with E-state index in [1.807, 2.05) is 0 Å². The second-order valence-electron chi connectivity index (χ2n) is 10.0. The Bertz CT molecular complexity index is 2000. The summed E-state index contributed by atoms with van der Waals surface area (Å²) in [6.45, 7) is 1.71. The molecule has 42 heavy (non-hydrogen) atoms. The summed E-state index contributed by atoms with van der Waals surface area (Å²) >= 11 is 0. The molecule has 0 aliphatic carbocycles. The van der Waals surface area contributed by atoms with Crippen LogP contribution in [0.4, 0.5) is 0 Å². The normalized spacial score (nSPS) is 13.2. The van der Waals surface area contributed by atoms with E-state index in [9.17, 15) is 24.9 Å². The van der Waals surface area contributed by atoms with E-state index in [2.05, 4.69) is 0 Å². The van der Waals surface area contributed by atoms with E-state index < -0.39 is 11.4 Å². The van der Waals surface area contributed by atoms with E-state index >= 15 is 0 Å². The minimum atomic E-state index is -0.508. The standard InChI is InChI=1S/C33H26O9/c1-16-10-25(36)30-31(37)29-23(13-21(39-2)14-26(29)40-3)28(32(30)42-16)22-12-18(6-9-24(22)35)27-19(15-41-33(27)38)11-17-4-7-20(34)8-5-17/h4-10,12-14,34-35,37H,11,15H2,1-3H3. The van der Waals surface area contributed by atoms with Crippen molar-refractivity contribution in [2.75, 3.05) is 20.8 Å². The number of hydrogen-bond acceptors (Lipinski definition) is 9. The van der Waals surface area contributed by atoms with Gasteiger partial charge in [0.2, 0.25) is 0 Å². The van der Waals surface area contributed by atoms with E-state index in [-0.39, 0.29) is 51.5 Å². The zero-order valence-electron chi connectivity index (χ0n) is 23.0. The Hall–Kier alpha value is -5.44. The number of methoxy groups -OCH3 is 2. The summed E-state index contributed by atoms with van der Waals surface area (Å²) in [6.07, 6.45) is 0.408. The quantitative estimate of drug-likeness (QED) is 0.177. The predicted molar refractivity (Wildman–Crippen MR) is 156 cm³/mol. The van der Waals surface area contributed by atoms with Gasteiger partial charge in [-0.05, 0) is 60.4 Å². The molecule has 2 heterocycles. The van der Waals surface area contributed by atoms with Crippen molar-refractivity contribution < 1.29 is 38.7 Å². The summed E-state index contributed by atoms with van der Waals surface area (Å²) in [4.78, 5) is 26.2. The highest BCUT2D eigenvalue weighted by molar-refractivity contribution is 6.21. The van der Waals surface area contributed by atoms with Crippen LogP contribution in [0.1, 0.15) is 16.9 Å². The van der Waals surface area contributed by atoms with Crippen molar-refractivity contribution in [1.82, 2.24) is 0 Å². The van der Waals surface area contributed by atoms with Gasteiger partial charge in [0.15, 0.2) is 5.43 Å². The van der Waals surface area contributed by atoms with Crippen molar-refractivity contribution in [3.05, 3.63) is 93.3 Å². The van der Waals surface area contributed by atoms with Gasteiger partial charge in [-0.25, -0.2) is 4.79 Å². The first-order valence-electron chi connectivity index (χ1n) is 13.1. The molecule has 1 aliphatic heterocycles. The third-order valence-corrected chi connectivity index (χ3v) is 7.42. The third-order valence-electron chi connectivity index (χ3n) is 7.42. The first kappa shape index (κ1) is 26.8. The number of phenols is 3. The molecule has 1 aliphatic rings. The zero-order valence-corrected chi connectivity index (χ0v) is 23.0. The molecule has 0 atom stereocenters. The maximum Gasteiger partial charge on any atom is 0.339 e. The van der Waals surface area contributed by atoms with Crippen LogP contribution in [0.25, 0.3) is 38.4 Å². The van der Waals surface area contributed by atoms with Crippen LogP contribution in [-0.2, 0) is 16.0 Å². The van der Waals surface area contributed by atoms with Gasteiger partial charge >= 0.3 is 5.97 Å². The van der Waals surface area contributed by atoms with Crippen LogP contribution in [-0.4, -0.2) is 42.1 Å². The molecule has 9 heteroatoms. The summed E-state index contributed by atoms with van der Waals surface area (Å²) in [5.74, 6) is 0.110. The van der Waals surface area contributed by atoms with Crippen molar-refractivity contribution in [3.8, 4) is 39.9 Å². The molecule has 212 valence electrons. The summed E-state index contributed by atoms with van der Waals surface area (Å²) in [6, 6.07) is 15.9.